The minimum atomic E-state index is -3.60. The molecule has 0 aromatic heterocycles. The number of carbonyl (C=O) groups is 2. The third-order valence-electron chi connectivity index (χ3n) is 2.96. The second-order valence-corrected chi connectivity index (χ2v) is 7.63. The third-order valence-corrected chi connectivity index (χ3v) is 5.00. The summed E-state index contributed by atoms with van der Waals surface area (Å²) in [5.74, 6) is -1.38. The summed E-state index contributed by atoms with van der Waals surface area (Å²) in [6.07, 6.45) is 0.966. The summed E-state index contributed by atoms with van der Waals surface area (Å²) in [6.45, 7) is 15.8. The molecule has 0 aliphatic heterocycles. The van der Waals surface area contributed by atoms with Crippen LogP contribution in [0.1, 0.15) is 62.3 Å². The Kier molecular flexibility index (Phi) is 20.9. The number of anilines is 2. The Morgan fingerprint density at radius 1 is 1.04 bits per heavy atom. The summed E-state index contributed by atoms with van der Waals surface area (Å²) in [6, 6.07) is 5.08. The van der Waals surface area contributed by atoms with E-state index in [1.54, 1.807) is 0 Å². The van der Waals surface area contributed by atoms with Crippen molar-refractivity contribution in [2.24, 2.45) is 0 Å². The maximum atomic E-state index is 12.0. The Balaban J connectivity index is -0.000000374. The van der Waals surface area contributed by atoms with Gasteiger partial charge in [0.2, 0.25) is 11.8 Å². The minimum absolute atomic E-state index is 0. The number of aromatic hydroxyl groups is 1. The molecule has 28 heavy (non-hydrogen) atoms. The second kappa shape index (κ2) is 16.9. The number of benzene rings is 1. The van der Waals surface area contributed by atoms with E-state index in [1.165, 1.54) is 32.9 Å². The van der Waals surface area contributed by atoms with Crippen molar-refractivity contribution in [2.75, 3.05) is 16.9 Å². The summed E-state index contributed by atoms with van der Waals surface area (Å²) in [7, 11) is -3.60. The van der Waals surface area contributed by atoms with E-state index in [1.807, 2.05) is 41.5 Å². The van der Waals surface area contributed by atoms with E-state index in [2.05, 4.69) is 16.7 Å². The predicted octanol–water partition coefficient (Wildman–Crippen LogP) is 3.99. The molecule has 0 bridgehead atoms. The summed E-state index contributed by atoms with van der Waals surface area (Å²) < 4.78 is 21.5. The number of hydrogen-bond donors (Lipinski definition) is 3. The van der Waals surface area contributed by atoms with Gasteiger partial charge in [0.05, 0.1) is 0 Å². The Morgan fingerprint density at radius 3 is 1.79 bits per heavy atom. The van der Waals surface area contributed by atoms with Crippen molar-refractivity contribution >= 4 is 33.0 Å². The second-order valence-electron chi connectivity index (χ2n) is 5.06. The quantitative estimate of drug-likeness (QED) is 0.435. The Bertz CT molecular complexity index is 690. The molecule has 0 fully saturated rings. The molecule has 0 heterocycles. The molecule has 0 spiro atoms. The van der Waals surface area contributed by atoms with Crippen LogP contribution in [-0.4, -0.2) is 36.3 Å². The van der Waals surface area contributed by atoms with Crippen molar-refractivity contribution in [1.82, 2.24) is 0 Å². The first-order valence-electron chi connectivity index (χ1n) is 8.98. The van der Waals surface area contributed by atoms with Gasteiger partial charge in [0, 0.05) is 51.6 Å². The van der Waals surface area contributed by atoms with Gasteiger partial charge in [0.1, 0.15) is 4.75 Å². The molecule has 1 radical (unpaired) electrons. The molecule has 0 aliphatic rings. The first-order valence-corrected chi connectivity index (χ1v) is 10.9. The van der Waals surface area contributed by atoms with E-state index in [4.69, 9.17) is 0 Å². The molecule has 1 aromatic carbocycles. The van der Waals surface area contributed by atoms with Crippen LogP contribution in [0.2, 0.25) is 0 Å². The number of phenolic OH excluding ortho intramolecular Hbond substituents is 1. The van der Waals surface area contributed by atoms with Crippen LogP contribution >= 0.6 is 0 Å². The SMILES string of the molecule is CC.CC.CC.CC(=O)Nc1c[c-]c(NC(=O)C(C)(C)S(C)(=O)=O)cc1O.[Y]. The number of sulfone groups is 1. The normalized spacial score (nSPS) is 9.50. The van der Waals surface area contributed by atoms with Gasteiger partial charge in [0.15, 0.2) is 9.84 Å². The van der Waals surface area contributed by atoms with Crippen LogP contribution < -0.4 is 10.6 Å². The van der Waals surface area contributed by atoms with Gasteiger partial charge >= 0.3 is 0 Å². The maximum absolute atomic E-state index is 12.0. The summed E-state index contributed by atoms with van der Waals surface area (Å²) >= 11 is 0. The fourth-order valence-corrected chi connectivity index (χ4v) is 1.67. The van der Waals surface area contributed by atoms with Crippen molar-refractivity contribution in [3.05, 3.63) is 18.2 Å². The van der Waals surface area contributed by atoms with Crippen molar-refractivity contribution in [3.8, 4) is 5.75 Å². The van der Waals surface area contributed by atoms with E-state index < -0.39 is 20.5 Å². The van der Waals surface area contributed by atoms with Gasteiger partial charge in [-0.1, -0.05) is 47.2 Å². The number of rotatable bonds is 4. The summed E-state index contributed by atoms with van der Waals surface area (Å²) in [5.41, 5.74) is 0.242. The van der Waals surface area contributed by atoms with Crippen LogP contribution in [0.15, 0.2) is 12.1 Å². The van der Waals surface area contributed by atoms with Gasteiger partial charge in [-0.15, -0.1) is 12.1 Å². The van der Waals surface area contributed by atoms with Gasteiger partial charge < -0.3 is 15.7 Å². The van der Waals surface area contributed by atoms with Crippen molar-refractivity contribution in [1.29, 1.82) is 0 Å². The molecule has 7 nitrogen and oxygen atoms in total. The van der Waals surface area contributed by atoms with Crippen LogP contribution in [0.3, 0.4) is 0 Å². The number of amides is 2. The summed E-state index contributed by atoms with van der Waals surface area (Å²) in [5, 5.41) is 14.5. The number of phenols is 1. The Labute approximate surface area is 195 Å². The van der Waals surface area contributed by atoms with Crippen molar-refractivity contribution < 1.29 is 55.8 Å². The molecule has 0 saturated carbocycles. The molecule has 9 heteroatoms. The zero-order chi connectivity index (χ0) is 22.4. The molecular formula is C19H35N2O5SY-. The smallest absolute Gasteiger partial charge is 0.243 e. The number of nitrogens with one attached hydrogen (secondary N) is 2. The molecule has 0 saturated heterocycles. The first-order chi connectivity index (χ1) is 12.4. The fourth-order valence-electron chi connectivity index (χ4n) is 1.28. The molecule has 1 aromatic rings. The van der Waals surface area contributed by atoms with Gasteiger partial charge in [-0.3, -0.25) is 9.59 Å². The van der Waals surface area contributed by atoms with Crippen molar-refractivity contribution in [2.45, 2.75) is 67.1 Å². The van der Waals surface area contributed by atoms with E-state index in [-0.39, 0.29) is 55.7 Å². The monoisotopic (exact) mass is 492 g/mol. The molecular weight excluding hydrogens is 457 g/mol. The third kappa shape index (κ3) is 11.8. The van der Waals surface area contributed by atoms with Crippen molar-refractivity contribution in [3.63, 3.8) is 0 Å². The van der Waals surface area contributed by atoms with Crippen LogP contribution in [0, 0.1) is 6.07 Å². The van der Waals surface area contributed by atoms with Gasteiger partial charge in [-0.25, -0.2) is 8.42 Å². The van der Waals surface area contributed by atoms with Gasteiger partial charge in [-0.2, -0.15) is 6.07 Å². The first kappa shape index (κ1) is 34.5. The molecule has 0 atom stereocenters. The molecule has 0 unspecified atom stereocenters. The van der Waals surface area contributed by atoms with Crippen LogP contribution in [0.25, 0.3) is 0 Å². The van der Waals surface area contributed by atoms with Crippen LogP contribution in [0.5, 0.6) is 5.75 Å². The average molecular weight is 492 g/mol. The zero-order valence-electron chi connectivity index (χ0n) is 18.7. The molecule has 3 N–H and O–H groups in total. The Morgan fingerprint density at radius 2 is 1.46 bits per heavy atom. The summed E-state index contributed by atoms with van der Waals surface area (Å²) in [4.78, 5) is 22.9. The van der Waals surface area contributed by atoms with E-state index in [0.717, 1.165) is 6.26 Å². The largest absolute Gasteiger partial charge is 0.531 e. The molecule has 0 aliphatic carbocycles. The maximum Gasteiger partial charge on any atom is 0.243 e. The van der Waals surface area contributed by atoms with Gasteiger partial charge in [-0.05, 0) is 19.5 Å². The zero-order valence-corrected chi connectivity index (χ0v) is 22.4. The number of carbonyl (C=O) groups excluding carboxylic acids is 2. The molecule has 2 amide bonds. The standard InChI is InChI=1S/C13H17N2O5S.3C2H6.Y/c1-8(16)14-10-6-5-9(7-11(10)17)15-12(18)13(2,3)21(4,19)20;3*1-2;/h6-7,17H,1-4H3,(H,14,16)(H,15,18);3*1-2H3;/q-1;;;;. The Hall–Kier alpha value is -0.986. The topological polar surface area (TPSA) is 113 Å². The van der Waals surface area contributed by atoms with E-state index in [9.17, 15) is 23.1 Å². The molecule has 1 rings (SSSR count). The van der Waals surface area contributed by atoms with Crippen LogP contribution in [-0.2, 0) is 52.1 Å². The van der Waals surface area contributed by atoms with Gasteiger partial charge in [0.25, 0.3) is 0 Å². The fraction of sp³-hybridized carbons (Fsp3) is 0.579. The minimum Gasteiger partial charge on any atom is -0.531 e. The van der Waals surface area contributed by atoms with Crippen LogP contribution in [0.4, 0.5) is 11.4 Å². The predicted molar refractivity (Wildman–Crippen MR) is 113 cm³/mol. The van der Waals surface area contributed by atoms with E-state index in [0.29, 0.717) is 0 Å². The average Bonchev–Trinajstić information content (AvgIpc) is 2.61. The van der Waals surface area contributed by atoms with E-state index >= 15 is 0 Å². The number of hydrogen-bond acceptors (Lipinski definition) is 5. The molecule has 161 valence electrons.